The van der Waals surface area contributed by atoms with Crippen molar-refractivity contribution in [1.82, 2.24) is 10.6 Å². The lowest BCUT2D eigenvalue weighted by Crippen LogP contribution is -2.65. The smallest absolute Gasteiger partial charge is 0.319 e. The van der Waals surface area contributed by atoms with Gasteiger partial charge in [0.25, 0.3) is 5.91 Å². The Balaban J connectivity index is 1.19. The van der Waals surface area contributed by atoms with Gasteiger partial charge in [-0.2, -0.15) is 0 Å². The van der Waals surface area contributed by atoms with E-state index in [4.69, 9.17) is 0 Å². The fourth-order valence-electron chi connectivity index (χ4n) is 8.21. The van der Waals surface area contributed by atoms with Gasteiger partial charge in [-0.15, -0.1) is 0 Å². The number of carbonyl (C=O) groups is 2. The van der Waals surface area contributed by atoms with Crippen LogP contribution in [0.4, 0.5) is 10.5 Å². The number of anilines is 1. The molecule has 5 aliphatic carbocycles. The van der Waals surface area contributed by atoms with Gasteiger partial charge in [0.2, 0.25) is 0 Å². The molecule has 0 radical (unpaired) electrons. The molecule has 0 heterocycles. The zero-order valence-electron chi connectivity index (χ0n) is 19.1. The summed E-state index contributed by atoms with van der Waals surface area (Å²) in [5.74, 6) is 0.728. The van der Waals surface area contributed by atoms with E-state index in [1.807, 2.05) is 12.1 Å². The molecule has 0 saturated heterocycles. The van der Waals surface area contributed by atoms with Crippen LogP contribution >= 0.6 is 0 Å². The Hall–Kier alpha value is -2.04. The Morgan fingerprint density at radius 2 is 1.52 bits per heavy atom. The summed E-state index contributed by atoms with van der Waals surface area (Å²) in [5, 5.41) is 9.54. The highest BCUT2D eigenvalue weighted by molar-refractivity contribution is 5.95. The lowest BCUT2D eigenvalue weighted by atomic mass is 9.43. The van der Waals surface area contributed by atoms with Crippen LogP contribution in [0.15, 0.2) is 24.3 Å². The molecule has 1 aromatic rings. The summed E-state index contributed by atoms with van der Waals surface area (Å²) in [5.41, 5.74) is 2.06. The van der Waals surface area contributed by atoms with E-state index in [-0.39, 0.29) is 17.5 Å². The molecular formula is C26H37N3O2. The van der Waals surface area contributed by atoms with Gasteiger partial charge in [0, 0.05) is 22.8 Å². The van der Waals surface area contributed by atoms with E-state index in [0.717, 1.165) is 43.7 Å². The minimum absolute atomic E-state index is 0.0158. The fraction of sp³-hybridized carbons (Fsp3) is 0.692. The Labute approximate surface area is 186 Å². The van der Waals surface area contributed by atoms with Gasteiger partial charge in [0.15, 0.2) is 0 Å². The van der Waals surface area contributed by atoms with E-state index in [2.05, 4.69) is 29.8 Å². The zero-order valence-corrected chi connectivity index (χ0v) is 19.1. The van der Waals surface area contributed by atoms with E-state index < -0.39 is 0 Å². The minimum atomic E-state index is -0.117. The van der Waals surface area contributed by atoms with Crippen LogP contribution in [-0.4, -0.2) is 23.5 Å². The summed E-state index contributed by atoms with van der Waals surface area (Å²) in [6.45, 7) is 4.84. The Morgan fingerprint density at radius 3 is 2.13 bits per heavy atom. The predicted octanol–water partition coefficient (Wildman–Crippen LogP) is 5.62. The Kier molecular flexibility index (Phi) is 5.06. The van der Waals surface area contributed by atoms with E-state index in [0.29, 0.717) is 22.4 Å². The average Bonchev–Trinajstić information content (AvgIpc) is 2.66. The number of hydrogen-bond donors (Lipinski definition) is 3. The van der Waals surface area contributed by atoms with Crippen molar-refractivity contribution in [3.05, 3.63) is 29.8 Å². The van der Waals surface area contributed by atoms with Crippen LogP contribution in [0, 0.1) is 16.7 Å². The number of urea groups is 1. The lowest BCUT2D eigenvalue weighted by molar-refractivity contribution is -0.113. The standard InChI is InChI=1S/C26H37N3O2/c1-24-12-18-13-25(2,15-24)17-26(14-18,16-24)29-23(31)28-21-10-8-19(9-11-21)22(30)27-20-6-4-3-5-7-20/h8-11,18,20H,3-7,12-17H2,1-2H3,(H,27,30)(H2,28,29,31). The van der Waals surface area contributed by atoms with Crippen molar-refractivity contribution in [2.75, 3.05) is 5.32 Å². The molecule has 6 rings (SSSR count). The number of rotatable bonds is 4. The van der Waals surface area contributed by atoms with Crippen LogP contribution in [0.5, 0.6) is 0 Å². The molecule has 168 valence electrons. The largest absolute Gasteiger partial charge is 0.349 e. The molecule has 1 aromatic carbocycles. The molecule has 5 nitrogen and oxygen atoms in total. The van der Waals surface area contributed by atoms with Crippen LogP contribution < -0.4 is 16.0 Å². The number of hydrogen-bond acceptors (Lipinski definition) is 2. The van der Waals surface area contributed by atoms with Gasteiger partial charge in [-0.25, -0.2) is 4.79 Å². The molecule has 3 N–H and O–H groups in total. The van der Waals surface area contributed by atoms with Crippen molar-refractivity contribution < 1.29 is 9.59 Å². The maximum atomic E-state index is 12.9. The maximum Gasteiger partial charge on any atom is 0.319 e. The minimum Gasteiger partial charge on any atom is -0.349 e. The van der Waals surface area contributed by atoms with E-state index in [9.17, 15) is 9.59 Å². The molecule has 0 spiro atoms. The molecule has 5 saturated carbocycles. The zero-order chi connectivity index (χ0) is 21.7. The van der Waals surface area contributed by atoms with Crippen molar-refractivity contribution in [1.29, 1.82) is 0 Å². The fourth-order valence-corrected chi connectivity index (χ4v) is 8.21. The van der Waals surface area contributed by atoms with Gasteiger partial charge in [-0.1, -0.05) is 33.1 Å². The third kappa shape index (κ3) is 4.33. The maximum absolute atomic E-state index is 12.9. The topological polar surface area (TPSA) is 70.2 Å². The summed E-state index contributed by atoms with van der Waals surface area (Å²) >= 11 is 0. The summed E-state index contributed by atoms with van der Waals surface area (Å²) in [7, 11) is 0. The lowest BCUT2D eigenvalue weighted by Gasteiger charge is -2.65. The molecule has 5 fully saturated rings. The van der Waals surface area contributed by atoms with Crippen LogP contribution in [0.3, 0.4) is 0 Å². The molecule has 2 unspecified atom stereocenters. The molecule has 3 amide bonds. The number of benzene rings is 1. The highest BCUT2D eigenvalue weighted by Crippen LogP contribution is 2.66. The van der Waals surface area contributed by atoms with Crippen LogP contribution in [0.25, 0.3) is 0 Å². The van der Waals surface area contributed by atoms with Crippen molar-refractivity contribution in [2.45, 2.75) is 96.1 Å². The van der Waals surface area contributed by atoms with Crippen molar-refractivity contribution in [3.8, 4) is 0 Å². The van der Waals surface area contributed by atoms with E-state index in [1.54, 1.807) is 12.1 Å². The van der Waals surface area contributed by atoms with Crippen LogP contribution in [0.2, 0.25) is 0 Å². The first-order valence-corrected chi connectivity index (χ1v) is 12.2. The number of carbonyl (C=O) groups excluding carboxylic acids is 2. The SMILES string of the molecule is CC12CC3CC(C)(C1)CC(NC(=O)Nc1ccc(C(=O)NC4CCCCC4)cc1)(C3)C2. The predicted molar refractivity (Wildman–Crippen MR) is 123 cm³/mol. The van der Waals surface area contributed by atoms with E-state index in [1.165, 1.54) is 38.5 Å². The summed E-state index contributed by atoms with van der Waals surface area (Å²) < 4.78 is 0. The van der Waals surface area contributed by atoms with Crippen molar-refractivity contribution >= 4 is 17.6 Å². The van der Waals surface area contributed by atoms with Crippen LogP contribution in [-0.2, 0) is 0 Å². The Bertz CT molecular complexity index is 840. The van der Waals surface area contributed by atoms with Gasteiger partial charge in [-0.3, -0.25) is 4.79 Å². The van der Waals surface area contributed by atoms with E-state index >= 15 is 0 Å². The highest BCUT2D eigenvalue weighted by atomic mass is 16.2. The second-order valence-electron chi connectivity index (χ2n) is 11.9. The number of amides is 3. The monoisotopic (exact) mass is 423 g/mol. The molecule has 0 aromatic heterocycles. The highest BCUT2D eigenvalue weighted by Gasteiger charge is 2.60. The third-order valence-corrected chi connectivity index (χ3v) is 8.35. The third-order valence-electron chi connectivity index (χ3n) is 8.35. The average molecular weight is 424 g/mol. The molecular weight excluding hydrogens is 386 g/mol. The summed E-state index contributed by atoms with van der Waals surface area (Å²) in [6.07, 6.45) is 13.1. The summed E-state index contributed by atoms with van der Waals surface area (Å²) in [4.78, 5) is 25.4. The second-order valence-corrected chi connectivity index (χ2v) is 11.9. The first kappa shape index (κ1) is 20.8. The van der Waals surface area contributed by atoms with Crippen molar-refractivity contribution in [3.63, 3.8) is 0 Å². The van der Waals surface area contributed by atoms with Crippen LogP contribution in [0.1, 0.15) is 94.8 Å². The molecule has 2 atom stereocenters. The molecule has 31 heavy (non-hydrogen) atoms. The summed E-state index contributed by atoms with van der Waals surface area (Å²) in [6, 6.07) is 7.46. The molecule has 0 aliphatic heterocycles. The van der Waals surface area contributed by atoms with Gasteiger partial charge in [-0.05, 0) is 92.4 Å². The van der Waals surface area contributed by atoms with Crippen molar-refractivity contribution in [2.24, 2.45) is 16.7 Å². The van der Waals surface area contributed by atoms with Gasteiger partial charge in [0.1, 0.15) is 0 Å². The molecule has 5 heteroatoms. The first-order valence-electron chi connectivity index (χ1n) is 12.2. The first-order chi connectivity index (χ1) is 14.7. The van der Waals surface area contributed by atoms with Gasteiger partial charge in [0.05, 0.1) is 0 Å². The second kappa shape index (κ2) is 7.53. The van der Waals surface area contributed by atoms with Gasteiger partial charge >= 0.3 is 6.03 Å². The quantitative estimate of drug-likeness (QED) is 0.588. The molecule has 5 aliphatic rings. The Morgan fingerprint density at radius 1 is 0.871 bits per heavy atom. The normalized spacial score (nSPS) is 36.8. The number of nitrogens with one attached hydrogen (secondary N) is 3. The molecule has 4 bridgehead atoms. The van der Waals surface area contributed by atoms with Gasteiger partial charge < -0.3 is 16.0 Å².